The Morgan fingerprint density at radius 3 is 2.47 bits per heavy atom. The van der Waals surface area contributed by atoms with Crippen LogP contribution in [0.25, 0.3) is 0 Å². The van der Waals surface area contributed by atoms with E-state index in [1.807, 2.05) is 4.90 Å². The quantitative estimate of drug-likeness (QED) is 0.596. The summed E-state index contributed by atoms with van der Waals surface area (Å²) >= 11 is 0. The Kier molecular flexibility index (Phi) is 4.31. The number of carboxylic acid groups (broad SMARTS) is 1. The molecule has 2 aliphatic heterocycles. The van der Waals surface area contributed by atoms with Gasteiger partial charge in [-0.2, -0.15) is 0 Å². The second-order valence-electron chi connectivity index (χ2n) is 5.41. The number of hydrogen-bond acceptors (Lipinski definition) is 2. The second kappa shape index (κ2) is 5.96. The van der Waals surface area contributed by atoms with E-state index in [0.717, 1.165) is 25.7 Å². The summed E-state index contributed by atoms with van der Waals surface area (Å²) in [4.78, 5) is 24.8. The van der Waals surface area contributed by atoms with Crippen LogP contribution in [0.5, 0.6) is 0 Å². The Bertz CT molecular complexity index is 388. The van der Waals surface area contributed by atoms with E-state index in [4.69, 9.17) is 11.5 Å². The third kappa shape index (κ3) is 3.19. The maximum Gasteiger partial charge on any atom is 0.317 e. The number of carboxylic acids is 1. The molecule has 104 valence electrons. The van der Waals surface area contributed by atoms with Gasteiger partial charge >= 0.3 is 12.0 Å². The largest absolute Gasteiger partial charge is 0.481 e. The van der Waals surface area contributed by atoms with E-state index in [2.05, 4.69) is 11.2 Å². The van der Waals surface area contributed by atoms with Gasteiger partial charge in [-0.05, 0) is 31.6 Å². The van der Waals surface area contributed by atoms with Crippen LogP contribution >= 0.6 is 0 Å². The minimum Gasteiger partial charge on any atom is -0.481 e. The molecule has 0 aromatic rings. The highest BCUT2D eigenvalue weighted by molar-refractivity contribution is 5.75. The summed E-state index contributed by atoms with van der Waals surface area (Å²) in [6.07, 6.45) is 9.51. The van der Waals surface area contributed by atoms with Gasteiger partial charge in [0.2, 0.25) is 0 Å². The first-order chi connectivity index (χ1) is 9.11. The molecule has 0 radical (unpaired) electrons. The molecule has 0 spiro atoms. The monoisotopic (exact) mass is 264 g/mol. The van der Waals surface area contributed by atoms with Crippen molar-refractivity contribution in [1.82, 2.24) is 10.2 Å². The minimum atomic E-state index is -0.740. The van der Waals surface area contributed by atoms with E-state index in [9.17, 15) is 9.59 Å². The molecule has 2 fully saturated rings. The maximum absolute atomic E-state index is 12.1. The fourth-order valence-corrected chi connectivity index (χ4v) is 3.37. The lowest BCUT2D eigenvalue weighted by atomic mass is 9.88. The molecule has 0 aliphatic carbocycles. The van der Waals surface area contributed by atoms with Gasteiger partial charge in [0.15, 0.2) is 0 Å². The molecule has 2 atom stereocenters. The van der Waals surface area contributed by atoms with Crippen LogP contribution in [0.2, 0.25) is 0 Å². The van der Waals surface area contributed by atoms with E-state index in [1.54, 1.807) is 0 Å². The number of carbonyl (C=O) groups is 2. The molecule has 2 N–H and O–H groups in total. The number of nitrogens with zero attached hydrogens (tertiary/aromatic N) is 1. The zero-order valence-electron chi connectivity index (χ0n) is 11.0. The Hall–Kier alpha value is -1.70. The van der Waals surface area contributed by atoms with Crippen LogP contribution in [0.3, 0.4) is 0 Å². The number of piperidine rings is 1. The van der Waals surface area contributed by atoms with Crippen molar-refractivity contribution >= 4 is 12.0 Å². The summed E-state index contributed by atoms with van der Waals surface area (Å²) in [5.74, 6) is 1.97. The second-order valence-corrected chi connectivity index (χ2v) is 5.41. The lowest BCUT2D eigenvalue weighted by molar-refractivity contribution is -0.138. The molecule has 2 bridgehead atoms. The minimum absolute atomic E-state index is 0.0449. The fraction of sp³-hybridized carbons (Fsp3) is 0.714. The van der Waals surface area contributed by atoms with Crippen molar-refractivity contribution in [2.75, 3.05) is 6.54 Å². The van der Waals surface area contributed by atoms with Crippen molar-refractivity contribution < 1.29 is 14.7 Å². The number of hydrogen-bond donors (Lipinski definition) is 2. The average molecular weight is 264 g/mol. The summed E-state index contributed by atoms with van der Waals surface area (Å²) < 4.78 is 0. The zero-order chi connectivity index (χ0) is 13.8. The summed E-state index contributed by atoms with van der Waals surface area (Å²) in [5, 5.41) is 11.7. The van der Waals surface area contributed by atoms with Crippen LogP contribution in [0, 0.1) is 18.3 Å². The lowest BCUT2D eigenvalue weighted by Crippen LogP contribution is -2.51. The molecule has 0 aromatic carbocycles. The molecule has 19 heavy (non-hydrogen) atoms. The molecule has 2 amide bonds. The molecule has 2 rings (SSSR count). The molecule has 5 nitrogen and oxygen atoms in total. The van der Waals surface area contributed by atoms with Crippen molar-refractivity contribution in [3.05, 3.63) is 0 Å². The summed E-state index contributed by atoms with van der Waals surface area (Å²) in [7, 11) is 0. The fourth-order valence-electron chi connectivity index (χ4n) is 3.37. The molecular formula is C14H20N2O3. The van der Waals surface area contributed by atoms with E-state index < -0.39 is 5.97 Å². The first-order valence-electron chi connectivity index (χ1n) is 6.83. The Labute approximate surface area is 113 Å². The molecule has 2 heterocycles. The number of urea groups is 1. The number of fused-ring (bicyclic) bond motifs is 2. The van der Waals surface area contributed by atoms with Gasteiger partial charge in [0.05, 0.1) is 0 Å². The van der Waals surface area contributed by atoms with Crippen LogP contribution in [0.1, 0.15) is 38.5 Å². The smallest absolute Gasteiger partial charge is 0.317 e. The highest BCUT2D eigenvalue weighted by Crippen LogP contribution is 2.39. The van der Waals surface area contributed by atoms with Crippen LogP contribution in [0.15, 0.2) is 0 Å². The van der Waals surface area contributed by atoms with Gasteiger partial charge in [-0.15, -0.1) is 12.3 Å². The van der Waals surface area contributed by atoms with Gasteiger partial charge in [0.1, 0.15) is 0 Å². The van der Waals surface area contributed by atoms with Gasteiger partial charge < -0.3 is 15.3 Å². The number of rotatable bonds is 4. The molecule has 0 aromatic heterocycles. The van der Waals surface area contributed by atoms with Crippen LogP contribution in [-0.4, -0.2) is 40.6 Å². The third-order valence-electron chi connectivity index (χ3n) is 4.07. The Morgan fingerprint density at radius 1 is 1.32 bits per heavy atom. The SMILES string of the molecule is C#CCCNC(=O)N1C2CCC1CC(CC(=O)O)C2. The molecule has 2 aliphatic rings. The van der Waals surface area contributed by atoms with Crippen molar-refractivity contribution in [2.45, 2.75) is 50.6 Å². The molecular weight excluding hydrogens is 244 g/mol. The maximum atomic E-state index is 12.1. The van der Waals surface area contributed by atoms with Gasteiger partial charge in [-0.25, -0.2) is 4.79 Å². The predicted octanol–water partition coefficient (Wildman–Crippen LogP) is 1.44. The van der Waals surface area contributed by atoms with Gasteiger partial charge in [0.25, 0.3) is 0 Å². The van der Waals surface area contributed by atoms with Crippen LogP contribution in [0.4, 0.5) is 4.79 Å². The zero-order valence-corrected chi connectivity index (χ0v) is 11.0. The number of aliphatic carboxylic acids is 1. The number of nitrogens with one attached hydrogen (secondary N) is 1. The molecule has 0 saturated carbocycles. The van der Waals surface area contributed by atoms with Crippen molar-refractivity contribution in [3.63, 3.8) is 0 Å². The van der Waals surface area contributed by atoms with E-state index in [-0.39, 0.29) is 30.5 Å². The third-order valence-corrected chi connectivity index (χ3v) is 4.07. The molecule has 2 unspecified atom stereocenters. The highest BCUT2D eigenvalue weighted by Gasteiger charge is 2.43. The molecule has 2 saturated heterocycles. The van der Waals surface area contributed by atoms with Crippen molar-refractivity contribution in [1.29, 1.82) is 0 Å². The number of amides is 2. The van der Waals surface area contributed by atoms with Gasteiger partial charge in [0, 0.05) is 31.5 Å². The van der Waals surface area contributed by atoms with Crippen molar-refractivity contribution in [2.24, 2.45) is 5.92 Å². The van der Waals surface area contributed by atoms with Crippen LogP contribution in [-0.2, 0) is 4.79 Å². The lowest BCUT2D eigenvalue weighted by Gasteiger charge is -2.38. The first-order valence-corrected chi connectivity index (χ1v) is 6.83. The average Bonchev–Trinajstić information content (AvgIpc) is 2.61. The Morgan fingerprint density at radius 2 is 1.95 bits per heavy atom. The Balaban J connectivity index is 1.90. The first kappa shape index (κ1) is 13.7. The van der Waals surface area contributed by atoms with Gasteiger partial charge in [-0.1, -0.05) is 0 Å². The van der Waals surface area contributed by atoms with Crippen LogP contribution < -0.4 is 5.32 Å². The topological polar surface area (TPSA) is 69.6 Å². The summed E-state index contributed by atoms with van der Waals surface area (Å²) in [5.41, 5.74) is 0. The highest BCUT2D eigenvalue weighted by atomic mass is 16.4. The van der Waals surface area contributed by atoms with Gasteiger partial charge in [-0.3, -0.25) is 4.79 Å². The number of carbonyl (C=O) groups excluding carboxylic acids is 1. The van der Waals surface area contributed by atoms with E-state index in [1.165, 1.54) is 0 Å². The van der Waals surface area contributed by atoms with E-state index in [0.29, 0.717) is 13.0 Å². The molecule has 5 heteroatoms. The van der Waals surface area contributed by atoms with Crippen molar-refractivity contribution in [3.8, 4) is 12.3 Å². The standard InChI is InChI=1S/C14H20N2O3/c1-2-3-6-15-14(19)16-11-4-5-12(16)8-10(7-11)9-13(17)18/h1,10-12H,3-9H2,(H,15,19)(H,17,18). The number of terminal acetylenes is 1. The van der Waals surface area contributed by atoms with E-state index >= 15 is 0 Å². The predicted molar refractivity (Wildman–Crippen MR) is 70.5 cm³/mol. The summed E-state index contributed by atoms with van der Waals surface area (Å²) in [6, 6.07) is 0.361. The normalized spacial score (nSPS) is 28.8. The summed E-state index contributed by atoms with van der Waals surface area (Å²) in [6.45, 7) is 0.504.